The Morgan fingerprint density at radius 1 is 1.00 bits per heavy atom. The molecule has 0 unspecified atom stereocenters. The van der Waals surface area contributed by atoms with Crippen molar-refractivity contribution in [2.45, 2.75) is 45.1 Å². The van der Waals surface area contributed by atoms with Crippen molar-refractivity contribution < 1.29 is 5.11 Å². The van der Waals surface area contributed by atoms with Crippen molar-refractivity contribution in [2.75, 3.05) is 13.1 Å². The normalized spacial score (nSPS) is 20.0. The summed E-state index contributed by atoms with van der Waals surface area (Å²) in [4.78, 5) is 2.65. The first-order chi connectivity index (χ1) is 11.2. The van der Waals surface area contributed by atoms with Gasteiger partial charge in [-0.15, -0.1) is 0 Å². The van der Waals surface area contributed by atoms with E-state index < -0.39 is 0 Å². The Balaban J connectivity index is 2.01. The van der Waals surface area contributed by atoms with Crippen molar-refractivity contribution in [1.29, 1.82) is 0 Å². The average molecular weight is 309 g/mol. The van der Waals surface area contributed by atoms with Crippen LogP contribution in [0.15, 0.2) is 48.5 Å². The zero-order valence-electron chi connectivity index (χ0n) is 14.2. The summed E-state index contributed by atoms with van der Waals surface area (Å²) >= 11 is 0. The molecule has 23 heavy (non-hydrogen) atoms. The quantitative estimate of drug-likeness (QED) is 0.845. The molecule has 0 amide bonds. The molecule has 2 heteroatoms. The Bertz CT molecular complexity index is 632. The van der Waals surface area contributed by atoms with Crippen LogP contribution in [0.4, 0.5) is 0 Å². The molecule has 0 aromatic heterocycles. The molecule has 0 spiro atoms. The van der Waals surface area contributed by atoms with Gasteiger partial charge in [0.15, 0.2) is 0 Å². The monoisotopic (exact) mass is 309 g/mol. The van der Waals surface area contributed by atoms with Crippen LogP contribution in [0.5, 0.6) is 5.75 Å². The predicted octanol–water partition coefficient (Wildman–Crippen LogP) is 4.57. The molecule has 1 aliphatic carbocycles. The number of phenols is 1. The highest BCUT2D eigenvalue weighted by Gasteiger charge is 2.36. The van der Waals surface area contributed by atoms with Crippen molar-refractivity contribution in [3.05, 3.63) is 65.2 Å². The molecule has 2 nitrogen and oxygen atoms in total. The molecule has 0 saturated heterocycles. The summed E-state index contributed by atoms with van der Waals surface area (Å²) in [6.45, 7) is 6.80. The third kappa shape index (κ3) is 3.28. The SMILES string of the molecule is CCCN(CCC)[C@@H]1Cc2cc(O)ccc2[C@H]1c1ccccc1. The molecular weight excluding hydrogens is 282 g/mol. The molecule has 1 aliphatic rings. The zero-order chi connectivity index (χ0) is 16.2. The van der Waals surface area contributed by atoms with Gasteiger partial charge < -0.3 is 5.11 Å². The lowest BCUT2D eigenvalue weighted by Gasteiger charge is -2.33. The van der Waals surface area contributed by atoms with Crippen LogP contribution in [-0.2, 0) is 6.42 Å². The topological polar surface area (TPSA) is 23.5 Å². The Morgan fingerprint density at radius 3 is 2.35 bits per heavy atom. The lowest BCUT2D eigenvalue weighted by atomic mass is 9.89. The summed E-state index contributed by atoms with van der Waals surface area (Å²) in [5.74, 6) is 0.790. The molecule has 0 fully saturated rings. The van der Waals surface area contributed by atoms with E-state index in [0.717, 1.165) is 19.5 Å². The summed E-state index contributed by atoms with van der Waals surface area (Å²) in [6, 6.07) is 17.3. The van der Waals surface area contributed by atoms with E-state index >= 15 is 0 Å². The van der Waals surface area contributed by atoms with Crippen molar-refractivity contribution in [3.63, 3.8) is 0 Å². The highest BCUT2D eigenvalue weighted by atomic mass is 16.3. The first kappa shape index (κ1) is 16.1. The molecular formula is C21H27NO. The molecule has 122 valence electrons. The second-order valence-corrected chi connectivity index (χ2v) is 6.58. The molecule has 3 rings (SSSR count). The molecule has 0 radical (unpaired) electrons. The van der Waals surface area contributed by atoms with Crippen molar-refractivity contribution in [2.24, 2.45) is 0 Å². The van der Waals surface area contributed by atoms with E-state index in [1.165, 1.54) is 29.5 Å². The van der Waals surface area contributed by atoms with Crippen molar-refractivity contribution in [3.8, 4) is 5.75 Å². The number of nitrogens with zero attached hydrogens (tertiary/aromatic N) is 1. The summed E-state index contributed by atoms with van der Waals surface area (Å²) in [5.41, 5.74) is 4.08. The second-order valence-electron chi connectivity index (χ2n) is 6.58. The summed E-state index contributed by atoms with van der Waals surface area (Å²) in [5, 5.41) is 9.87. The molecule has 0 bridgehead atoms. The van der Waals surface area contributed by atoms with Gasteiger partial charge >= 0.3 is 0 Å². The van der Waals surface area contributed by atoms with Crippen LogP contribution in [0, 0.1) is 0 Å². The van der Waals surface area contributed by atoms with Crippen LogP contribution in [-0.4, -0.2) is 29.1 Å². The van der Waals surface area contributed by atoms with Gasteiger partial charge in [-0.05, 0) is 61.2 Å². The highest BCUT2D eigenvalue weighted by Crippen LogP contribution is 2.42. The molecule has 0 heterocycles. The second kappa shape index (κ2) is 7.18. The van der Waals surface area contributed by atoms with Crippen LogP contribution < -0.4 is 0 Å². The van der Waals surface area contributed by atoms with Gasteiger partial charge in [0.05, 0.1) is 0 Å². The van der Waals surface area contributed by atoms with E-state index in [1.807, 2.05) is 12.1 Å². The van der Waals surface area contributed by atoms with E-state index in [4.69, 9.17) is 0 Å². The average Bonchev–Trinajstić information content (AvgIpc) is 2.93. The number of benzene rings is 2. The minimum atomic E-state index is 0.383. The Kier molecular flexibility index (Phi) is 5.02. The molecule has 2 aromatic carbocycles. The van der Waals surface area contributed by atoms with E-state index in [1.54, 1.807) is 0 Å². The van der Waals surface area contributed by atoms with Gasteiger partial charge in [-0.1, -0.05) is 50.2 Å². The van der Waals surface area contributed by atoms with E-state index in [-0.39, 0.29) is 0 Å². The third-order valence-corrected chi connectivity index (χ3v) is 4.92. The van der Waals surface area contributed by atoms with Gasteiger partial charge in [0, 0.05) is 12.0 Å². The van der Waals surface area contributed by atoms with Crippen LogP contribution in [0.2, 0.25) is 0 Å². The fourth-order valence-electron chi connectivity index (χ4n) is 4.04. The minimum Gasteiger partial charge on any atom is -0.508 e. The number of aromatic hydroxyl groups is 1. The van der Waals surface area contributed by atoms with Gasteiger partial charge in [-0.2, -0.15) is 0 Å². The van der Waals surface area contributed by atoms with Crippen LogP contribution in [0.3, 0.4) is 0 Å². The maximum atomic E-state index is 9.87. The first-order valence-electron chi connectivity index (χ1n) is 8.85. The fraction of sp³-hybridized carbons (Fsp3) is 0.429. The van der Waals surface area contributed by atoms with Gasteiger partial charge in [-0.25, -0.2) is 0 Å². The van der Waals surface area contributed by atoms with Gasteiger partial charge in [0.2, 0.25) is 0 Å². The molecule has 2 atom stereocenters. The summed E-state index contributed by atoms with van der Waals surface area (Å²) in [6.07, 6.45) is 3.39. The molecule has 1 N–H and O–H groups in total. The largest absolute Gasteiger partial charge is 0.508 e. The molecule has 2 aromatic rings. The number of phenolic OH excluding ortho intramolecular Hbond substituents is 1. The first-order valence-corrected chi connectivity index (χ1v) is 8.85. The summed E-state index contributed by atoms with van der Waals surface area (Å²) in [7, 11) is 0. The number of fused-ring (bicyclic) bond motifs is 1. The van der Waals surface area contributed by atoms with E-state index in [0.29, 0.717) is 17.7 Å². The minimum absolute atomic E-state index is 0.383. The third-order valence-electron chi connectivity index (χ3n) is 4.92. The van der Waals surface area contributed by atoms with Gasteiger partial charge in [0.25, 0.3) is 0 Å². The van der Waals surface area contributed by atoms with E-state index in [9.17, 15) is 5.11 Å². The summed E-state index contributed by atoms with van der Waals surface area (Å²) < 4.78 is 0. The zero-order valence-corrected chi connectivity index (χ0v) is 14.2. The standard InChI is InChI=1S/C21H27NO/c1-3-12-22(13-4-2)20-15-17-14-18(23)10-11-19(17)21(20)16-8-6-5-7-9-16/h5-11,14,20-21,23H,3-4,12-13,15H2,1-2H3/t20-,21-/m1/s1. The smallest absolute Gasteiger partial charge is 0.115 e. The van der Waals surface area contributed by atoms with Crippen molar-refractivity contribution in [1.82, 2.24) is 4.90 Å². The molecule has 0 saturated carbocycles. The Morgan fingerprint density at radius 2 is 1.70 bits per heavy atom. The fourth-order valence-corrected chi connectivity index (χ4v) is 4.04. The van der Waals surface area contributed by atoms with Crippen LogP contribution in [0.25, 0.3) is 0 Å². The predicted molar refractivity (Wildman–Crippen MR) is 96.0 cm³/mol. The lowest BCUT2D eigenvalue weighted by molar-refractivity contribution is 0.189. The van der Waals surface area contributed by atoms with E-state index in [2.05, 4.69) is 55.1 Å². The highest BCUT2D eigenvalue weighted by molar-refractivity contribution is 5.47. The van der Waals surface area contributed by atoms with Gasteiger partial charge in [0.1, 0.15) is 5.75 Å². The number of rotatable bonds is 6. The Hall–Kier alpha value is -1.80. The van der Waals surface area contributed by atoms with Crippen LogP contribution in [0.1, 0.15) is 49.3 Å². The Labute approximate surface area is 139 Å². The van der Waals surface area contributed by atoms with Crippen molar-refractivity contribution >= 4 is 0 Å². The maximum Gasteiger partial charge on any atom is 0.115 e. The van der Waals surface area contributed by atoms with Gasteiger partial charge in [-0.3, -0.25) is 4.90 Å². The number of hydrogen-bond acceptors (Lipinski definition) is 2. The molecule has 0 aliphatic heterocycles. The van der Waals surface area contributed by atoms with Crippen LogP contribution >= 0.6 is 0 Å². The maximum absolute atomic E-state index is 9.87. The lowest BCUT2D eigenvalue weighted by Crippen LogP contribution is -2.39. The number of hydrogen-bond donors (Lipinski definition) is 1.